The van der Waals surface area contributed by atoms with Crippen molar-refractivity contribution in [2.45, 2.75) is 6.82 Å². The fourth-order valence-electron chi connectivity index (χ4n) is 0.327. The minimum Gasteiger partial charge on any atom is -0.353 e. The molecule has 0 N–H and O–H groups in total. The Balaban J connectivity index is 3.58. The van der Waals surface area contributed by atoms with Gasteiger partial charge in [0, 0.05) is 18.3 Å². The maximum Gasteiger partial charge on any atom is 0.202 e. The summed E-state index contributed by atoms with van der Waals surface area (Å²) in [6.45, 7) is 6.08. The van der Waals surface area contributed by atoms with Gasteiger partial charge in [0.25, 0.3) is 0 Å². The van der Waals surface area contributed by atoms with Crippen LogP contribution in [0.15, 0.2) is 0 Å². The normalized spacial score (nSPS) is 20.8. The minimum absolute atomic E-state index is 0.549. The van der Waals surface area contributed by atoms with E-state index in [1.54, 1.807) is 0 Å². The van der Waals surface area contributed by atoms with Gasteiger partial charge in [-0.3, -0.25) is 0 Å². The molecule has 0 bridgehead atoms. The summed E-state index contributed by atoms with van der Waals surface area (Å²) in [7, 11) is 1.79. The van der Waals surface area contributed by atoms with Crippen LogP contribution in [-0.4, -0.2) is 25.4 Å². The molecule has 6 heteroatoms. The van der Waals surface area contributed by atoms with Gasteiger partial charge in [-0.15, -0.1) is 0 Å². The van der Waals surface area contributed by atoms with Gasteiger partial charge in [0.2, 0.25) is 6.56 Å². The van der Waals surface area contributed by atoms with Crippen molar-refractivity contribution >= 4 is 35.0 Å². The Kier molecular flexibility index (Phi) is 6.49. The fraction of sp³-hybridized carbons (Fsp3) is 1.00. The topological polar surface area (TPSA) is 18.5 Å². The third-order valence-corrected chi connectivity index (χ3v) is 5.14. The van der Waals surface area contributed by atoms with Crippen molar-refractivity contribution in [3.8, 4) is 0 Å². The molecular formula is C4H14BO2P2S. The summed E-state index contributed by atoms with van der Waals surface area (Å²) < 4.78 is 10.5. The highest BCUT2D eigenvalue weighted by molar-refractivity contribution is 8.48. The molecule has 0 saturated carbocycles. The molecule has 0 amide bonds. The highest BCUT2D eigenvalue weighted by atomic mass is 32.3. The molecular weight excluding hydrogens is 185 g/mol. The van der Waals surface area contributed by atoms with E-state index in [1.807, 2.05) is 13.5 Å². The van der Waals surface area contributed by atoms with Crippen LogP contribution in [0.1, 0.15) is 0 Å². The van der Waals surface area contributed by atoms with Gasteiger partial charge < -0.3 is 8.49 Å². The molecule has 0 aliphatic heterocycles. The maximum atomic E-state index is 5.28. The van der Waals surface area contributed by atoms with Gasteiger partial charge in [-0.05, 0) is 12.9 Å². The zero-order valence-electron chi connectivity index (χ0n) is 6.59. The highest BCUT2D eigenvalue weighted by Gasteiger charge is 2.15. The van der Waals surface area contributed by atoms with Gasteiger partial charge in [-0.25, -0.2) is 0 Å². The van der Waals surface area contributed by atoms with Gasteiger partial charge in [-0.1, -0.05) is 6.82 Å². The van der Waals surface area contributed by atoms with Crippen LogP contribution < -0.4 is 0 Å². The van der Waals surface area contributed by atoms with E-state index in [2.05, 4.69) is 22.3 Å². The molecule has 61 valence electrons. The van der Waals surface area contributed by atoms with E-state index in [-0.39, 0.29) is 0 Å². The Morgan fingerprint density at radius 1 is 1.70 bits per heavy atom. The van der Waals surface area contributed by atoms with Crippen LogP contribution in [0.3, 0.4) is 0 Å². The molecule has 1 radical (unpaired) electrons. The van der Waals surface area contributed by atoms with Crippen molar-refractivity contribution in [1.82, 2.24) is 0 Å². The summed E-state index contributed by atoms with van der Waals surface area (Å²) in [5.41, 5.74) is 0. The monoisotopic (exact) mass is 199 g/mol. The first-order valence-electron chi connectivity index (χ1n) is 2.91. The molecule has 0 fully saturated rings. The first-order valence-corrected chi connectivity index (χ1v) is 6.98. The van der Waals surface area contributed by atoms with E-state index in [0.717, 1.165) is 0 Å². The van der Waals surface area contributed by atoms with E-state index >= 15 is 0 Å². The average molecular weight is 199 g/mol. The van der Waals surface area contributed by atoms with Gasteiger partial charge >= 0.3 is 0 Å². The quantitative estimate of drug-likeness (QED) is 0.498. The molecule has 0 heterocycles. The standard InChI is InChI=1S/C4H14BO2P2S/c1-5-10(3,7-8)4-6-9-2/h9H,4,8H2,1-3H3. The summed E-state index contributed by atoms with van der Waals surface area (Å²) in [6.07, 6.45) is 2.07. The largest absolute Gasteiger partial charge is 0.353 e. The average Bonchev–Trinajstić information content (AvgIpc) is 2.00. The molecule has 0 aromatic rings. The second kappa shape index (κ2) is 5.80. The summed E-state index contributed by atoms with van der Waals surface area (Å²) in [6, 6.07) is 0. The number of rotatable bonds is 5. The molecule has 2 nitrogen and oxygen atoms in total. The van der Waals surface area contributed by atoms with Crippen molar-refractivity contribution < 1.29 is 8.49 Å². The van der Waals surface area contributed by atoms with Crippen molar-refractivity contribution in [3.63, 3.8) is 0 Å². The second-order valence-electron chi connectivity index (χ2n) is 1.87. The van der Waals surface area contributed by atoms with E-state index in [1.165, 1.54) is 0 Å². The molecule has 0 aliphatic rings. The summed E-state index contributed by atoms with van der Waals surface area (Å²) in [5, 5.41) is 0. The van der Waals surface area contributed by atoms with E-state index in [4.69, 9.17) is 8.49 Å². The number of hydrogen-bond donors (Lipinski definition) is 0. The van der Waals surface area contributed by atoms with Crippen LogP contribution in [0.5, 0.6) is 0 Å². The molecule has 0 aromatic carbocycles. The first-order chi connectivity index (χ1) is 4.68. The van der Waals surface area contributed by atoms with Crippen molar-refractivity contribution in [1.29, 1.82) is 0 Å². The van der Waals surface area contributed by atoms with Crippen molar-refractivity contribution in [2.75, 3.05) is 18.9 Å². The summed E-state index contributed by atoms with van der Waals surface area (Å²) >= 11 is 0. The van der Waals surface area contributed by atoms with E-state index in [9.17, 15) is 0 Å². The second-order valence-corrected chi connectivity index (χ2v) is 6.19. The minimum atomic E-state index is -1.05. The lowest BCUT2D eigenvalue weighted by Crippen LogP contribution is -2.08. The summed E-state index contributed by atoms with van der Waals surface area (Å²) in [5.74, 6) is 0.710. The lowest BCUT2D eigenvalue weighted by Gasteiger charge is -2.31. The Morgan fingerprint density at radius 3 is 2.60 bits per heavy atom. The molecule has 3 unspecified atom stereocenters. The zero-order chi connectivity index (χ0) is 8.04. The lowest BCUT2D eigenvalue weighted by molar-refractivity contribution is 0.441. The predicted octanol–water partition coefficient (Wildman–Crippen LogP) is 2.01. The third kappa shape index (κ3) is 4.15. The van der Waals surface area contributed by atoms with Crippen LogP contribution >= 0.6 is 28.4 Å². The molecule has 0 aromatic heterocycles. The van der Waals surface area contributed by atoms with Gasteiger partial charge in [0.05, 0.1) is 5.94 Å². The predicted molar refractivity (Wildman–Crippen MR) is 56.1 cm³/mol. The molecule has 0 aliphatic carbocycles. The Morgan fingerprint density at radius 2 is 2.30 bits per heavy atom. The Labute approximate surface area is 69.6 Å². The highest BCUT2D eigenvalue weighted by Crippen LogP contribution is 2.46. The van der Waals surface area contributed by atoms with Gasteiger partial charge in [0.1, 0.15) is 0 Å². The van der Waals surface area contributed by atoms with Crippen LogP contribution in [0.4, 0.5) is 0 Å². The maximum absolute atomic E-state index is 5.28. The van der Waals surface area contributed by atoms with Crippen LogP contribution in [0.2, 0.25) is 6.82 Å². The van der Waals surface area contributed by atoms with Crippen LogP contribution in [-0.2, 0) is 8.49 Å². The molecule has 0 saturated heterocycles. The van der Waals surface area contributed by atoms with Crippen LogP contribution in [0, 0.1) is 0 Å². The lowest BCUT2D eigenvalue weighted by atomic mass is 10.2. The van der Waals surface area contributed by atoms with Crippen molar-refractivity contribution in [3.05, 3.63) is 0 Å². The Bertz CT molecular complexity index is 91.3. The zero-order valence-corrected chi connectivity index (χ0v) is 9.56. The molecule has 3 atom stereocenters. The molecule has 0 spiro atoms. The van der Waals surface area contributed by atoms with Gasteiger partial charge in [-0.2, -0.15) is 10.2 Å². The van der Waals surface area contributed by atoms with Crippen LogP contribution in [0.25, 0.3) is 0 Å². The van der Waals surface area contributed by atoms with E-state index in [0.29, 0.717) is 14.7 Å². The van der Waals surface area contributed by atoms with Gasteiger partial charge in [0.15, 0.2) is 0 Å². The van der Waals surface area contributed by atoms with E-state index < -0.39 is 10.2 Å². The molecule has 10 heavy (non-hydrogen) atoms. The smallest absolute Gasteiger partial charge is 0.202 e. The SMILES string of the molecule is C[B]S(C)(COPC)OP. The summed E-state index contributed by atoms with van der Waals surface area (Å²) in [4.78, 5) is 0. The number of hydrogen-bond acceptors (Lipinski definition) is 2. The van der Waals surface area contributed by atoms with Crippen molar-refractivity contribution in [2.24, 2.45) is 0 Å². The molecule has 0 rings (SSSR count). The third-order valence-electron chi connectivity index (χ3n) is 1.16. The fourth-order valence-corrected chi connectivity index (χ4v) is 2.54. The first kappa shape index (κ1) is 11.2. The Hall–Kier alpha value is 1.19.